The van der Waals surface area contributed by atoms with Gasteiger partial charge in [0.15, 0.2) is 0 Å². The van der Waals surface area contributed by atoms with Gasteiger partial charge in [-0.15, -0.1) is 0 Å². The second-order valence-corrected chi connectivity index (χ2v) is 11.5. The number of nitrogens with zero attached hydrogens (tertiary/aromatic N) is 1. The summed E-state index contributed by atoms with van der Waals surface area (Å²) >= 11 is 0. The molecule has 0 unspecified atom stereocenters. The number of hydrogen-bond donors (Lipinski definition) is 2. The Morgan fingerprint density at radius 2 is 1.68 bits per heavy atom. The summed E-state index contributed by atoms with van der Waals surface area (Å²) in [5, 5.41) is 6.46. The van der Waals surface area contributed by atoms with Gasteiger partial charge in [-0.1, -0.05) is 13.8 Å². The topological polar surface area (TPSA) is 87.7 Å². The van der Waals surface area contributed by atoms with Gasteiger partial charge in [-0.2, -0.15) is 4.31 Å². The van der Waals surface area contributed by atoms with Gasteiger partial charge < -0.3 is 15.4 Å². The summed E-state index contributed by atoms with van der Waals surface area (Å²) in [7, 11) is -2.05. The van der Waals surface area contributed by atoms with Crippen LogP contribution in [-0.2, 0) is 14.8 Å². The van der Waals surface area contributed by atoms with E-state index in [-0.39, 0.29) is 22.9 Å². The van der Waals surface area contributed by atoms with Gasteiger partial charge in [-0.25, -0.2) is 8.42 Å². The number of ether oxygens (including phenoxy) is 1. The molecule has 1 aromatic rings. The summed E-state index contributed by atoms with van der Waals surface area (Å²) in [6, 6.07) is 4.74. The van der Waals surface area contributed by atoms with Gasteiger partial charge in [-0.05, 0) is 74.5 Å². The molecule has 4 aliphatic carbocycles. The molecule has 0 radical (unpaired) electrons. The van der Waals surface area contributed by atoms with Crippen LogP contribution in [0.1, 0.15) is 52.4 Å². The zero-order valence-corrected chi connectivity index (χ0v) is 19.6. The SMILES string of the molecule is CCN(CC)S(=O)(=O)c1ccc(OC)c(NCC(=O)NC23CC4CC(CC(C4)C2)C3)c1. The van der Waals surface area contributed by atoms with Crippen LogP contribution in [0.5, 0.6) is 5.75 Å². The second kappa shape index (κ2) is 8.62. The highest BCUT2D eigenvalue weighted by Crippen LogP contribution is 2.55. The molecule has 5 rings (SSSR count). The minimum atomic E-state index is -3.59. The first kappa shape index (κ1) is 22.4. The van der Waals surface area contributed by atoms with Crippen LogP contribution in [0.2, 0.25) is 0 Å². The van der Waals surface area contributed by atoms with Crippen molar-refractivity contribution in [2.75, 3.05) is 32.1 Å². The van der Waals surface area contributed by atoms with Crippen LogP contribution in [-0.4, -0.2) is 50.9 Å². The first-order valence-corrected chi connectivity index (χ1v) is 13.0. The van der Waals surface area contributed by atoms with Crippen molar-refractivity contribution in [2.45, 2.75) is 62.8 Å². The molecular weight excluding hydrogens is 414 g/mol. The van der Waals surface area contributed by atoms with Crippen molar-refractivity contribution in [3.8, 4) is 5.75 Å². The van der Waals surface area contributed by atoms with Crippen LogP contribution in [0.4, 0.5) is 5.69 Å². The lowest BCUT2D eigenvalue weighted by Crippen LogP contribution is -2.60. The van der Waals surface area contributed by atoms with E-state index in [2.05, 4.69) is 10.6 Å². The first-order chi connectivity index (χ1) is 14.8. The second-order valence-electron chi connectivity index (χ2n) is 9.55. The molecule has 1 aromatic carbocycles. The van der Waals surface area contributed by atoms with E-state index in [4.69, 9.17) is 4.74 Å². The largest absolute Gasteiger partial charge is 0.495 e. The maximum atomic E-state index is 12.9. The lowest BCUT2D eigenvalue weighted by Gasteiger charge is -2.56. The zero-order valence-electron chi connectivity index (χ0n) is 18.8. The number of sulfonamides is 1. The van der Waals surface area contributed by atoms with Gasteiger partial charge >= 0.3 is 0 Å². The van der Waals surface area contributed by atoms with Gasteiger partial charge in [0.1, 0.15) is 5.75 Å². The molecule has 8 heteroatoms. The van der Waals surface area contributed by atoms with Crippen LogP contribution in [0.25, 0.3) is 0 Å². The average Bonchev–Trinajstić information content (AvgIpc) is 2.71. The van der Waals surface area contributed by atoms with E-state index in [1.807, 2.05) is 13.8 Å². The molecule has 4 bridgehead atoms. The summed E-state index contributed by atoms with van der Waals surface area (Å²) in [4.78, 5) is 13.0. The lowest BCUT2D eigenvalue weighted by molar-refractivity contribution is -0.125. The predicted molar refractivity (Wildman–Crippen MR) is 121 cm³/mol. The van der Waals surface area contributed by atoms with Gasteiger partial charge in [0, 0.05) is 18.6 Å². The quantitative estimate of drug-likeness (QED) is 0.604. The van der Waals surface area contributed by atoms with Crippen molar-refractivity contribution < 1.29 is 17.9 Å². The maximum Gasteiger partial charge on any atom is 0.243 e. The number of carbonyl (C=O) groups is 1. The molecule has 172 valence electrons. The fourth-order valence-electron chi connectivity index (χ4n) is 6.48. The summed E-state index contributed by atoms with van der Waals surface area (Å²) in [6.45, 7) is 4.53. The van der Waals surface area contributed by atoms with Gasteiger partial charge in [0.2, 0.25) is 15.9 Å². The molecule has 0 spiro atoms. The van der Waals surface area contributed by atoms with E-state index < -0.39 is 10.0 Å². The van der Waals surface area contributed by atoms with E-state index in [1.54, 1.807) is 18.2 Å². The molecule has 1 amide bonds. The maximum absolute atomic E-state index is 12.9. The van der Waals surface area contributed by atoms with Crippen molar-refractivity contribution >= 4 is 21.6 Å². The highest BCUT2D eigenvalue weighted by Gasteiger charge is 2.51. The molecule has 31 heavy (non-hydrogen) atoms. The Bertz CT molecular complexity index is 891. The van der Waals surface area contributed by atoms with Gasteiger partial charge in [-0.3, -0.25) is 4.79 Å². The fraction of sp³-hybridized carbons (Fsp3) is 0.696. The molecule has 0 aliphatic heterocycles. The highest BCUT2D eigenvalue weighted by atomic mass is 32.2. The Morgan fingerprint density at radius 3 is 2.19 bits per heavy atom. The number of methoxy groups -OCH3 is 1. The number of benzene rings is 1. The normalized spacial score (nSPS) is 29.2. The third-order valence-electron chi connectivity index (χ3n) is 7.40. The summed E-state index contributed by atoms with van der Waals surface area (Å²) < 4.78 is 32.6. The Balaban J connectivity index is 1.45. The minimum Gasteiger partial charge on any atom is -0.495 e. The number of amides is 1. The van der Waals surface area contributed by atoms with Crippen LogP contribution in [0, 0.1) is 17.8 Å². The van der Waals surface area contributed by atoms with Crippen molar-refractivity contribution in [3.05, 3.63) is 18.2 Å². The number of nitrogens with one attached hydrogen (secondary N) is 2. The fourth-order valence-corrected chi connectivity index (χ4v) is 7.96. The first-order valence-electron chi connectivity index (χ1n) is 11.5. The van der Waals surface area contributed by atoms with Crippen LogP contribution >= 0.6 is 0 Å². The van der Waals surface area contributed by atoms with Crippen molar-refractivity contribution in [1.82, 2.24) is 9.62 Å². The molecule has 4 aliphatic rings. The molecule has 4 fully saturated rings. The molecule has 2 N–H and O–H groups in total. The minimum absolute atomic E-state index is 0.0362. The average molecular weight is 450 g/mol. The molecule has 0 saturated heterocycles. The summed E-state index contributed by atoms with van der Waals surface area (Å²) in [5.74, 6) is 2.77. The molecule has 4 saturated carbocycles. The Morgan fingerprint density at radius 1 is 1.10 bits per heavy atom. The van der Waals surface area contributed by atoms with Crippen LogP contribution in [0.15, 0.2) is 23.1 Å². The lowest BCUT2D eigenvalue weighted by atomic mass is 9.53. The molecule has 7 nitrogen and oxygen atoms in total. The monoisotopic (exact) mass is 449 g/mol. The van der Waals surface area contributed by atoms with Crippen LogP contribution < -0.4 is 15.4 Å². The number of carbonyl (C=O) groups excluding carboxylic acids is 1. The van der Waals surface area contributed by atoms with Crippen molar-refractivity contribution in [3.63, 3.8) is 0 Å². The van der Waals surface area contributed by atoms with Crippen LogP contribution in [0.3, 0.4) is 0 Å². The van der Waals surface area contributed by atoms with E-state index in [0.717, 1.165) is 37.0 Å². The number of anilines is 1. The standard InChI is InChI=1S/C23H35N3O4S/c1-4-26(5-2)31(28,29)19-6-7-21(30-3)20(11-19)24-15-22(27)25-23-12-16-8-17(13-23)10-18(9-16)14-23/h6-7,11,16-18,24H,4-5,8-10,12-15H2,1-3H3,(H,25,27). The number of hydrogen-bond acceptors (Lipinski definition) is 5. The highest BCUT2D eigenvalue weighted by molar-refractivity contribution is 7.89. The van der Waals surface area contributed by atoms with E-state index in [0.29, 0.717) is 24.5 Å². The molecule has 0 aromatic heterocycles. The summed E-state index contributed by atoms with van der Waals surface area (Å²) in [5.41, 5.74) is 0.474. The number of rotatable bonds is 9. The Hall–Kier alpha value is -1.80. The Labute approximate surface area is 186 Å². The van der Waals surface area contributed by atoms with Gasteiger partial charge in [0.25, 0.3) is 0 Å². The smallest absolute Gasteiger partial charge is 0.243 e. The van der Waals surface area contributed by atoms with Crippen molar-refractivity contribution in [2.24, 2.45) is 17.8 Å². The van der Waals surface area contributed by atoms with E-state index in [9.17, 15) is 13.2 Å². The molecule has 0 heterocycles. The zero-order chi connectivity index (χ0) is 22.2. The third kappa shape index (κ3) is 4.42. The predicted octanol–water partition coefficient (Wildman–Crippen LogP) is 3.22. The van der Waals surface area contributed by atoms with E-state index >= 15 is 0 Å². The van der Waals surface area contributed by atoms with E-state index in [1.165, 1.54) is 30.7 Å². The third-order valence-corrected chi connectivity index (χ3v) is 9.44. The van der Waals surface area contributed by atoms with Crippen molar-refractivity contribution in [1.29, 1.82) is 0 Å². The molecular formula is C23H35N3O4S. The molecule has 0 atom stereocenters. The van der Waals surface area contributed by atoms with Gasteiger partial charge in [0.05, 0.1) is 24.2 Å². The summed E-state index contributed by atoms with van der Waals surface area (Å²) in [6.07, 6.45) is 7.30. The Kier molecular flexibility index (Phi) is 6.23.